The fourth-order valence-corrected chi connectivity index (χ4v) is 1.48. The molecule has 1 saturated carbocycles. The first-order chi connectivity index (χ1) is 9.96. The van der Waals surface area contributed by atoms with E-state index >= 15 is 0 Å². The van der Waals surface area contributed by atoms with E-state index in [0.717, 1.165) is 42.1 Å². The van der Waals surface area contributed by atoms with Crippen molar-refractivity contribution >= 4 is 11.8 Å². The number of hydrogen-bond acceptors (Lipinski definition) is 6. The van der Waals surface area contributed by atoms with Gasteiger partial charge in [0.15, 0.2) is 0 Å². The number of hydrogen-bond donors (Lipinski definition) is 0. The second kappa shape index (κ2) is 10.9. The first-order valence-corrected chi connectivity index (χ1v) is 7.15. The normalized spacial score (nSPS) is 12.7. The van der Waals surface area contributed by atoms with Crippen molar-refractivity contribution in [3.05, 3.63) is 9.81 Å². The topological polar surface area (TPSA) is 99.5 Å². The summed E-state index contributed by atoms with van der Waals surface area (Å²) in [6.07, 6.45) is 6.11. The van der Waals surface area contributed by atoms with Crippen LogP contribution in [0.3, 0.4) is 0 Å². The maximum Gasteiger partial charge on any atom is 0.245 e. The highest BCUT2D eigenvalue weighted by atomic mass is 16.3. The van der Waals surface area contributed by atoms with E-state index in [-0.39, 0.29) is 11.8 Å². The first-order valence-electron chi connectivity index (χ1n) is 7.15. The zero-order chi connectivity index (χ0) is 16.3. The van der Waals surface area contributed by atoms with E-state index in [2.05, 4.69) is 17.5 Å². The number of amides is 2. The van der Waals surface area contributed by atoms with Crippen molar-refractivity contribution in [3.63, 3.8) is 0 Å². The average molecular weight is 300 g/mol. The number of unbranched alkanes of at least 4 members (excludes halogenated alkanes) is 2. The van der Waals surface area contributed by atoms with Crippen LogP contribution in [0.4, 0.5) is 0 Å². The predicted octanol–water partition coefficient (Wildman–Crippen LogP) is 2.63. The molecule has 0 atom stereocenters. The lowest BCUT2D eigenvalue weighted by molar-refractivity contribution is -0.131. The Hall–Kier alpha value is -1.86. The summed E-state index contributed by atoms with van der Waals surface area (Å²) < 4.78 is 0. The van der Waals surface area contributed by atoms with Crippen LogP contribution in [-0.4, -0.2) is 35.9 Å². The molecule has 0 aromatic carbocycles. The molecular weight excluding hydrogens is 276 g/mol. The standard InChI is InChI=1S/C7H14N2O2.C6H10N2O2/c1-3-4-5-6-7(10)9(2)8-11;1-8(7-10)6(9)4-5-2-3-5/h3-6H2,1-2H3;5H,2-4H2,1H3. The molecule has 0 heterocycles. The van der Waals surface area contributed by atoms with Crippen LogP contribution < -0.4 is 0 Å². The molecule has 1 aliphatic carbocycles. The Balaban J connectivity index is 0.000000382. The maximum absolute atomic E-state index is 10.9. The van der Waals surface area contributed by atoms with Crippen molar-refractivity contribution in [2.75, 3.05) is 14.1 Å². The lowest BCUT2D eigenvalue weighted by Gasteiger charge is -2.04. The van der Waals surface area contributed by atoms with Crippen molar-refractivity contribution in [3.8, 4) is 0 Å². The van der Waals surface area contributed by atoms with Gasteiger partial charge >= 0.3 is 0 Å². The van der Waals surface area contributed by atoms with Crippen LogP contribution in [0.15, 0.2) is 10.6 Å². The van der Waals surface area contributed by atoms with Gasteiger partial charge in [-0.25, -0.2) is 5.01 Å². The van der Waals surface area contributed by atoms with Crippen LogP contribution in [0.25, 0.3) is 0 Å². The number of rotatable bonds is 8. The second-order valence-electron chi connectivity index (χ2n) is 5.10. The Labute approximate surface area is 124 Å². The fraction of sp³-hybridized carbons (Fsp3) is 0.846. The third-order valence-corrected chi connectivity index (χ3v) is 3.12. The molecule has 0 aliphatic heterocycles. The molecule has 0 unspecified atom stereocenters. The van der Waals surface area contributed by atoms with Gasteiger partial charge in [-0.05, 0) is 25.2 Å². The van der Waals surface area contributed by atoms with E-state index < -0.39 is 0 Å². The van der Waals surface area contributed by atoms with Crippen LogP contribution in [0.1, 0.15) is 51.9 Å². The molecule has 120 valence electrons. The fourth-order valence-electron chi connectivity index (χ4n) is 1.48. The molecule has 0 saturated heterocycles. The third-order valence-electron chi connectivity index (χ3n) is 3.12. The molecule has 1 aliphatic rings. The van der Waals surface area contributed by atoms with Gasteiger partial charge in [0.05, 0.1) is 10.6 Å². The molecule has 2 amide bonds. The zero-order valence-corrected chi connectivity index (χ0v) is 12.9. The van der Waals surface area contributed by atoms with Gasteiger partial charge in [-0.15, -0.1) is 9.81 Å². The van der Waals surface area contributed by atoms with Gasteiger partial charge in [0, 0.05) is 26.9 Å². The van der Waals surface area contributed by atoms with Crippen LogP contribution in [0.2, 0.25) is 0 Å². The SMILES string of the molecule is CCCCCC(=O)N(C)N=O.CN(N=O)C(=O)CC1CC1. The summed E-state index contributed by atoms with van der Waals surface area (Å²) in [6.45, 7) is 2.06. The number of nitrogens with zero attached hydrogens (tertiary/aromatic N) is 4. The molecule has 8 heteroatoms. The number of carbonyl (C=O) groups excluding carboxylic acids is 2. The minimum absolute atomic E-state index is 0.169. The quantitative estimate of drug-likeness (QED) is 0.391. The minimum Gasteiger partial charge on any atom is -0.273 e. The Bertz CT molecular complexity index is 358. The molecule has 1 fully saturated rings. The summed E-state index contributed by atoms with van der Waals surface area (Å²) in [7, 11) is 2.76. The second-order valence-corrected chi connectivity index (χ2v) is 5.10. The van der Waals surface area contributed by atoms with Gasteiger partial charge in [0.2, 0.25) is 11.8 Å². The molecular formula is C13H24N4O4. The third kappa shape index (κ3) is 9.64. The monoisotopic (exact) mass is 300 g/mol. The van der Waals surface area contributed by atoms with Crippen LogP contribution in [-0.2, 0) is 9.59 Å². The van der Waals surface area contributed by atoms with Gasteiger partial charge < -0.3 is 0 Å². The Morgan fingerprint density at radius 2 is 1.52 bits per heavy atom. The van der Waals surface area contributed by atoms with E-state index in [4.69, 9.17) is 0 Å². The molecule has 1 rings (SSSR count). The summed E-state index contributed by atoms with van der Waals surface area (Å²) in [5.41, 5.74) is 0. The van der Waals surface area contributed by atoms with E-state index in [1.807, 2.05) is 0 Å². The largest absolute Gasteiger partial charge is 0.273 e. The molecule has 0 aromatic rings. The van der Waals surface area contributed by atoms with Gasteiger partial charge in [0.25, 0.3) is 0 Å². The van der Waals surface area contributed by atoms with E-state index in [1.165, 1.54) is 14.1 Å². The molecule has 0 radical (unpaired) electrons. The Kier molecular flexibility index (Phi) is 9.91. The average Bonchev–Trinajstić information content (AvgIpc) is 3.30. The van der Waals surface area contributed by atoms with Crippen molar-refractivity contribution in [1.82, 2.24) is 10.0 Å². The minimum atomic E-state index is -0.201. The summed E-state index contributed by atoms with van der Waals surface area (Å²) in [5, 5.41) is 6.71. The van der Waals surface area contributed by atoms with Crippen LogP contribution in [0, 0.1) is 15.7 Å². The smallest absolute Gasteiger partial charge is 0.245 e. The molecule has 21 heavy (non-hydrogen) atoms. The van der Waals surface area contributed by atoms with Crippen molar-refractivity contribution in [1.29, 1.82) is 0 Å². The summed E-state index contributed by atoms with van der Waals surface area (Å²) >= 11 is 0. The predicted molar refractivity (Wildman–Crippen MR) is 78.6 cm³/mol. The number of nitroso groups, excluding NO2 is 2. The molecule has 0 spiro atoms. The zero-order valence-electron chi connectivity index (χ0n) is 12.9. The van der Waals surface area contributed by atoms with Crippen molar-refractivity contribution < 1.29 is 9.59 Å². The summed E-state index contributed by atoms with van der Waals surface area (Å²) in [6, 6.07) is 0. The van der Waals surface area contributed by atoms with Gasteiger partial charge in [-0.1, -0.05) is 19.8 Å². The maximum atomic E-state index is 10.9. The van der Waals surface area contributed by atoms with E-state index in [1.54, 1.807) is 0 Å². The van der Waals surface area contributed by atoms with E-state index in [0.29, 0.717) is 18.8 Å². The molecule has 0 aromatic heterocycles. The van der Waals surface area contributed by atoms with Crippen molar-refractivity contribution in [2.45, 2.75) is 51.9 Å². The molecule has 0 bridgehead atoms. The summed E-state index contributed by atoms with van der Waals surface area (Å²) in [5.74, 6) is 0.155. The molecule has 8 nitrogen and oxygen atoms in total. The van der Waals surface area contributed by atoms with Crippen LogP contribution >= 0.6 is 0 Å². The summed E-state index contributed by atoms with van der Waals surface area (Å²) in [4.78, 5) is 41.4. The highest BCUT2D eigenvalue weighted by Crippen LogP contribution is 2.32. The Morgan fingerprint density at radius 1 is 1.00 bits per heavy atom. The Morgan fingerprint density at radius 3 is 1.95 bits per heavy atom. The van der Waals surface area contributed by atoms with Gasteiger partial charge in [-0.2, -0.15) is 5.01 Å². The lowest BCUT2D eigenvalue weighted by Crippen LogP contribution is -2.20. The highest BCUT2D eigenvalue weighted by molar-refractivity contribution is 5.76. The van der Waals surface area contributed by atoms with Crippen LogP contribution in [0.5, 0.6) is 0 Å². The van der Waals surface area contributed by atoms with E-state index in [9.17, 15) is 19.4 Å². The first kappa shape index (κ1) is 19.1. The molecule has 0 N–H and O–H groups in total. The van der Waals surface area contributed by atoms with Gasteiger partial charge in [-0.3, -0.25) is 9.59 Å². The van der Waals surface area contributed by atoms with Gasteiger partial charge in [0.1, 0.15) is 0 Å². The highest BCUT2D eigenvalue weighted by Gasteiger charge is 2.26. The van der Waals surface area contributed by atoms with Crippen molar-refractivity contribution in [2.24, 2.45) is 16.5 Å². The lowest BCUT2D eigenvalue weighted by atomic mass is 10.2. The number of carbonyl (C=O) groups is 2.